The highest BCUT2D eigenvalue weighted by atomic mass is 35.5. The quantitative estimate of drug-likeness (QED) is 0.765. The topological polar surface area (TPSA) is 47.3 Å². The molecule has 0 saturated carbocycles. The number of halogens is 1. The van der Waals surface area contributed by atoms with Crippen molar-refractivity contribution in [3.63, 3.8) is 0 Å². The molecular weight excluding hydrogens is 272 g/mol. The second-order valence-corrected chi connectivity index (χ2v) is 4.88. The molecule has 106 valence electrons. The summed E-state index contributed by atoms with van der Waals surface area (Å²) in [7, 11) is 0. The predicted molar refractivity (Wildman–Crippen MR) is 84.4 cm³/mol. The minimum Gasteiger partial charge on any atom is -0.489 e. The van der Waals surface area contributed by atoms with Crippen LogP contribution in [0.25, 0.3) is 0 Å². The van der Waals surface area contributed by atoms with Gasteiger partial charge in [-0.25, -0.2) is 0 Å². The molecule has 0 bridgehead atoms. The van der Waals surface area contributed by atoms with E-state index in [0.29, 0.717) is 13.2 Å². The van der Waals surface area contributed by atoms with Crippen molar-refractivity contribution in [1.29, 1.82) is 0 Å². The second-order valence-electron chi connectivity index (χ2n) is 4.47. The van der Waals surface area contributed by atoms with E-state index >= 15 is 0 Å². The van der Waals surface area contributed by atoms with Gasteiger partial charge < -0.3 is 15.8 Å². The van der Waals surface area contributed by atoms with Gasteiger partial charge in [-0.1, -0.05) is 29.8 Å². The van der Waals surface area contributed by atoms with Gasteiger partial charge in [0.1, 0.15) is 12.4 Å². The number of nitrogens with one attached hydrogen (secondary N) is 1. The van der Waals surface area contributed by atoms with E-state index < -0.39 is 0 Å². The fraction of sp³-hybridized carbons (Fsp3) is 0.250. The van der Waals surface area contributed by atoms with E-state index in [-0.39, 0.29) is 0 Å². The first-order valence-electron chi connectivity index (χ1n) is 6.70. The summed E-state index contributed by atoms with van der Waals surface area (Å²) in [5, 5.41) is 4.03. The van der Waals surface area contributed by atoms with Crippen LogP contribution in [-0.2, 0) is 6.61 Å². The smallest absolute Gasteiger partial charge is 0.119 e. The normalized spacial score (nSPS) is 10.3. The Kier molecular flexibility index (Phi) is 5.71. The van der Waals surface area contributed by atoms with Crippen molar-refractivity contribution in [3.05, 3.63) is 59.1 Å². The van der Waals surface area contributed by atoms with E-state index in [2.05, 4.69) is 5.32 Å². The van der Waals surface area contributed by atoms with Gasteiger partial charge >= 0.3 is 0 Å². The van der Waals surface area contributed by atoms with Crippen molar-refractivity contribution in [1.82, 2.24) is 0 Å². The van der Waals surface area contributed by atoms with E-state index in [9.17, 15) is 0 Å². The molecule has 0 saturated heterocycles. The summed E-state index contributed by atoms with van der Waals surface area (Å²) < 4.78 is 5.72. The molecule has 3 nitrogen and oxygen atoms in total. The van der Waals surface area contributed by atoms with Crippen LogP contribution >= 0.6 is 11.6 Å². The number of ether oxygens (including phenoxy) is 1. The van der Waals surface area contributed by atoms with Crippen LogP contribution in [0.4, 0.5) is 5.69 Å². The molecule has 0 amide bonds. The van der Waals surface area contributed by atoms with E-state index in [4.69, 9.17) is 22.1 Å². The Balaban J connectivity index is 1.86. The maximum atomic E-state index is 6.09. The zero-order valence-corrected chi connectivity index (χ0v) is 12.1. The highest BCUT2D eigenvalue weighted by Crippen LogP contribution is 2.20. The average molecular weight is 291 g/mol. The van der Waals surface area contributed by atoms with Crippen LogP contribution in [0.15, 0.2) is 48.5 Å². The summed E-state index contributed by atoms with van der Waals surface area (Å²) in [4.78, 5) is 0. The largest absolute Gasteiger partial charge is 0.489 e. The lowest BCUT2D eigenvalue weighted by Crippen LogP contribution is -2.08. The van der Waals surface area contributed by atoms with Crippen molar-refractivity contribution < 1.29 is 4.74 Å². The van der Waals surface area contributed by atoms with Gasteiger partial charge in [0, 0.05) is 22.8 Å². The zero-order valence-electron chi connectivity index (χ0n) is 11.3. The molecule has 0 aliphatic carbocycles. The molecule has 4 heteroatoms. The van der Waals surface area contributed by atoms with E-state index in [1.54, 1.807) is 0 Å². The minimum atomic E-state index is 0.472. The molecule has 0 atom stereocenters. The lowest BCUT2D eigenvalue weighted by Gasteiger charge is -2.09. The Hall–Kier alpha value is -1.71. The number of benzene rings is 2. The van der Waals surface area contributed by atoms with Crippen molar-refractivity contribution in [2.75, 3.05) is 18.4 Å². The number of hydrogen-bond donors (Lipinski definition) is 2. The van der Waals surface area contributed by atoms with Crippen molar-refractivity contribution in [3.8, 4) is 5.75 Å². The average Bonchev–Trinajstić information content (AvgIpc) is 2.48. The standard InChI is InChI=1S/C16H19ClN2O/c17-16-5-2-1-4-13(16)12-20-15-8-6-14(7-9-15)19-11-3-10-18/h1-2,4-9,19H,3,10-12,18H2. The lowest BCUT2D eigenvalue weighted by molar-refractivity contribution is 0.306. The maximum Gasteiger partial charge on any atom is 0.119 e. The third-order valence-electron chi connectivity index (χ3n) is 2.92. The predicted octanol–water partition coefficient (Wildman–Crippen LogP) is 3.68. The van der Waals surface area contributed by atoms with Crippen LogP contribution in [0.3, 0.4) is 0 Å². The molecule has 0 fully saturated rings. The van der Waals surface area contributed by atoms with Gasteiger partial charge in [0.25, 0.3) is 0 Å². The monoisotopic (exact) mass is 290 g/mol. The molecule has 2 rings (SSSR count). The molecule has 0 aliphatic heterocycles. The number of nitrogens with two attached hydrogens (primary N) is 1. The Bertz CT molecular complexity index is 528. The Morgan fingerprint density at radius 2 is 1.80 bits per heavy atom. The third-order valence-corrected chi connectivity index (χ3v) is 3.29. The number of hydrogen-bond acceptors (Lipinski definition) is 3. The summed E-state index contributed by atoms with van der Waals surface area (Å²) in [6.07, 6.45) is 0.963. The summed E-state index contributed by atoms with van der Waals surface area (Å²) >= 11 is 6.09. The van der Waals surface area contributed by atoms with Crippen LogP contribution < -0.4 is 15.8 Å². The Morgan fingerprint density at radius 1 is 1.05 bits per heavy atom. The van der Waals surface area contributed by atoms with Crippen molar-refractivity contribution in [2.24, 2.45) is 5.73 Å². The van der Waals surface area contributed by atoms with E-state index in [1.165, 1.54) is 0 Å². The molecule has 0 aliphatic rings. The molecule has 0 unspecified atom stereocenters. The highest BCUT2D eigenvalue weighted by Gasteiger charge is 2.00. The first kappa shape index (κ1) is 14.7. The van der Waals surface area contributed by atoms with Gasteiger partial charge in [-0.2, -0.15) is 0 Å². The van der Waals surface area contributed by atoms with Crippen LogP contribution in [-0.4, -0.2) is 13.1 Å². The molecule has 0 aromatic heterocycles. The summed E-state index contributed by atoms with van der Waals surface area (Å²) in [5.41, 5.74) is 7.51. The SMILES string of the molecule is NCCCNc1ccc(OCc2ccccc2Cl)cc1. The number of rotatable bonds is 7. The molecule has 0 radical (unpaired) electrons. The first-order chi connectivity index (χ1) is 9.79. The van der Waals surface area contributed by atoms with Crippen LogP contribution in [0.1, 0.15) is 12.0 Å². The summed E-state index contributed by atoms with van der Waals surface area (Å²) in [5.74, 6) is 0.828. The van der Waals surface area contributed by atoms with E-state index in [0.717, 1.165) is 35.0 Å². The molecule has 2 aromatic carbocycles. The minimum absolute atomic E-state index is 0.472. The zero-order chi connectivity index (χ0) is 14.2. The van der Waals surface area contributed by atoms with Gasteiger partial charge in [0.05, 0.1) is 0 Å². The molecule has 0 heterocycles. The Labute approximate surface area is 124 Å². The summed E-state index contributed by atoms with van der Waals surface area (Å²) in [6.45, 7) is 2.06. The molecule has 0 spiro atoms. The molecule has 2 aromatic rings. The maximum absolute atomic E-state index is 6.09. The Morgan fingerprint density at radius 3 is 2.50 bits per heavy atom. The fourth-order valence-electron chi connectivity index (χ4n) is 1.78. The molecular formula is C16H19ClN2O. The number of anilines is 1. The third kappa shape index (κ3) is 4.44. The van der Waals surface area contributed by atoms with E-state index in [1.807, 2.05) is 48.5 Å². The van der Waals surface area contributed by atoms with Gasteiger partial charge in [0.15, 0.2) is 0 Å². The van der Waals surface area contributed by atoms with Gasteiger partial charge in [-0.3, -0.25) is 0 Å². The second kappa shape index (κ2) is 7.78. The van der Waals surface area contributed by atoms with Crippen molar-refractivity contribution in [2.45, 2.75) is 13.0 Å². The lowest BCUT2D eigenvalue weighted by atomic mass is 10.2. The van der Waals surface area contributed by atoms with Crippen LogP contribution in [0.5, 0.6) is 5.75 Å². The summed E-state index contributed by atoms with van der Waals surface area (Å²) in [6, 6.07) is 15.6. The molecule has 3 N–H and O–H groups in total. The van der Waals surface area contributed by atoms with Gasteiger partial charge in [-0.15, -0.1) is 0 Å². The molecule has 20 heavy (non-hydrogen) atoms. The highest BCUT2D eigenvalue weighted by molar-refractivity contribution is 6.31. The fourth-order valence-corrected chi connectivity index (χ4v) is 1.97. The van der Waals surface area contributed by atoms with Gasteiger partial charge in [0.2, 0.25) is 0 Å². The van der Waals surface area contributed by atoms with Gasteiger partial charge in [-0.05, 0) is 43.3 Å². The first-order valence-corrected chi connectivity index (χ1v) is 7.07. The van der Waals surface area contributed by atoms with Crippen LogP contribution in [0.2, 0.25) is 5.02 Å². The van der Waals surface area contributed by atoms with Crippen molar-refractivity contribution >= 4 is 17.3 Å². The van der Waals surface area contributed by atoms with Crippen LogP contribution in [0, 0.1) is 0 Å².